The quantitative estimate of drug-likeness (QED) is 0.814. The van der Waals surface area contributed by atoms with Gasteiger partial charge in [0.1, 0.15) is 0 Å². The average molecular weight is 271 g/mol. The van der Waals surface area contributed by atoms with Crippen LogP contribution >= 0.6 is 0 Å². The first kappa shape index (κ1) is 13.3. The van der Waals surface area contributed by atoms with Gasteiger partial charge in [-0.05, 0) is 6.07 Å². The van der Waals surface area contributed by atoms with Gasteiger partial charge < -0.3 is 10.0 Å². The van der Waals surface area contributed by atoms with E-state index >= 15 is 0 Å². The number of piperazine rings is 1. The molecule has 1 aromatic heterocycles. The first-order valence-corrected chi connectivity index (χ1v) is 7.61. The maximum atomic E-state index is 11.4. The van der Waals surface area contributed by atoms with Crippen LogP contribution in [0.3, 0.4) is 0 Å². The standard InChI is InChI=1S/C11H17N3O3S/c1-18(16,17)14-6-4-13(5-7-14)11-2-3-12-8-10(11)9-15/h2-3,8,15H,4-7,9H2,1H3. The van der Waals surface area contributed by atoms with E-state index in [2.05, 4.69) is 9.88 Å². The molecular weight excluding hydrogens is 254 g/mol. The molecule has 0 unspecified atom stereocenters. The Balaban J connectivity index is 2.10. The number of nitrogens with zero attached hydrogens (tertiary/aromatic N) is 3. The van der Waals surface area contributed by atoms with Gasteiger partial charge in [0.25, 0.3) is 0 Å². The van der Waals surface area contributed by atoms with Crippen molar-refractivity contribution < 1.29 is 13.5 Å². The number of pyridine rings is 1. The zero-order valence-electron chi connectivity index (χ0n) is 10.3. The van der Waals surface area contributed by atoms with Crippen molar-refractivity contribution in [3.05, 3.63) is 24.0 Å². The van der Waals surface area contributed by atoms with E-state index in [0.717, 1.165) is 11.3 Å². The molecule has 2 heterocycles. The highest BCUT2D eigenvalue weighted by atomic mass is 32.2. The molecule has 0 spiro atoms. The van der Waals surface area contributed by atoms with Gasteiger partial charge in [-0.15, -0.1) is 0 Å². The minimum atomic E-state index is -3.10. The van der Waals surface area contributed by atoms with Gasteiger partial charge in [-0.25, -0.2) is 8.42 Å². The molecule has 100 valence electrons. The minimum Gasteiger partial charge on any atom is -0.392 e. The molecule has 1 aliphatic rings. The van der Waals surface area contributed by atoms with Crippen molar-refractivity contribution in [2.75, 3.05) is 37.3 Å². The lowest BCUT2D eigenvalue weighted by atomic mass is 10.2. The third-order valence-corrected chi connectivity index (χ3v) is 4.40. The summed E-state index contributed by atoms with van der Waals surface area (Å²) in [5, 5.41) is 9.26. The molecule has 0 aromatic carbocycles. The summed E-state index contributed by atoms with van der Waals surface area (Å²) in [6.07, 6.45) is 4.55. The maximum absolute atomic E-state index is 11.4. The lowest BCUT2D eigenvalue weighted by Gasteiger charge is -2.35. The normalized spacial score (nSPS) is 18.0. The number of sulfonamides is 1. The van der Waals surface area contributed by atoms with Crippen LogP contribution in [0.2, 0.25) is 0 Å². The summed E-state index contributed by atoms with van der Waals surface area (Å²) in [5.41, 5.74) is 1.70. The highest BCUT2D eigenvalue weighted by Gasteiger charge is 2.24. The van der Waals surface area contributed by atoms with Crippen molar-refractivity contribution >= 4 is 15.7 Å². The summed E-state index contributed by atoms with van der Waals surface area (Å²) < 4.78 is 24.3. The second kappa shape index (κ2) is 5.21. The molecule has 7 heteroatoms. The van der Waals surface area contributed by atoms with Gasteiger partial charge in [0, 0.05) is 49.8 Å². The number of aliphatic hydroxyl groups is 1. The fourth-order valence-electron chi connectivity index (χ4n) is 2.11. The van der Waals surface area contributed by atoms with Crippen LogP contribution in [-0.2, 0) is 16.6 Å². The van der Waals surface area contributed by atoms with E-state index in [4.69, 9.17) is 0 Å². The molecule has 1 fully saturated rings. The summed E-state index contributed by atoms with van der Waals surface area (Å²) in [7, 11) is -3.10. The molecule has 1 aliphatic heterocycles. The van der Waals surface area contributed by atoms with Gasteiger partial charge >= 0.3 is 0 Å². The highest BCUT2D eigenvalue weighted by molar-refractivity contribution is 7.88. The van der Waals surface area contributed by atoms with Gasteiger partial charge in [0.05, 0.1) is 12.9 Å². The van der Waals surface area contributed by atoms with Crippen LogP contribution < -0.4 is 4.90 Å². The lowest BCUT2D eigenvalue weighted by Crippen LogP contribution is -2.48. The summed E-state index contributed by atoms with van der Waals surface area (Å²) >= 11 is 0. The van der Waals surface area contributed by atoms with Gasteiger partial charge in [-0.3, -0.25) is 4.98 Å². The first-order chi connectivity index (χ1) is 8.52. The summed E-state index contributed by atoms with van der Waals surface area (Å²) in [6.45, 7) is 2.15. The third kappa shape index (κ3) is 2.80. The average Bonchev–Trinajstić information content (AvgIpc) is 2.38. The minimum absolute atomic E-state index is 0.0601. The van der Waals surface area contributed by atoms with E-state index in [1.54, 1.807) is 12.4 Å². The van der Waals surface area contributed by atoms with Crippen molar-refractivity contribution in [2.24, 2.45) is 0 Å². The van der Waals surface area contributed by atoms with E-state index < -0.39 is 10.0 Å². The number of aliphatic hydroxyl groups excluding tert-OH is 1. The molecule has 0 aliphatic carbocycles. The maximum Gasteiger partial charge on any atom is 0.211 e. The molecule has 1 aromatic rings. The molecule has 0 atom stereocenters. The molecule has 0 saturated carbocycles. The fraction of sp³-hybridized carbons (Fsp3) is 0.545. The van der Waals surface area contributed by atoms with Crippen LogP contribution in [0, 0.1) is 0 Å². The highest BCUT2D eigenvalue weighted by Crippen LogP contribution is 2.21. The SMILES string of the molecule is CS(=O)(=O)N1CCN(c2ccncc2CO)CC1. The Morgan fingerprint density at radius 3 is 2.56 bits per heavy atom. The number of rotatable bonds is 3. The van der Waals surface area contributed by atoms with Crippen molar-refractivity contribution in [2.45, 2.75) is 6.61 Å². The molecule has 1 N–H and O–H groups in total. The van der Waals surface area contributed by atoms with Crippen LogP contribution in [0.25, 0.3) is 0 Å². The number of anilines is 1. The lowest BCUT2D eigenvalue weighted by molar-refractivity contribution is 0.281. The molecule has 18 heavy (non-hydrogen) atoms. The monoisotopic (exact) mass is 271 g/mol. The van der Waals surface area contributed by atoms with Crippen LogP contribution in [0.5, 0.6) is 0 Å². The summed E-state index contributed by atoms with van der Waals surface area (Å²) in [5.74, 6) is 0. The van der Waals surface area contributed by atoms with Crippen molar-refractivity contribution in [3.63, 3.8) is 0 Å². The number of aromatic nitrogens is 1. The molecule has 1 saturated heterocycles. The van der Waals surface area contributed by atoms with Crippen molar-refractivity contribution in [1.29, 1.82) is 0 Å². The van der Waals surface area contributed by atoms with Gasteiger partial charge in [-0.2, -0.15) is 4.31 Å². The fourth-order valence-corrected chi connectivity index (χ4v) is 2.94. The number of hydrogen-bond donors (Lipinski definition) is 1. The summed E-state index contributed by atoms with van der Waals surface area (Å²) in [4.78, 5) is 6.05. The van der Waals surface area contributed by atoms with Crippen LogP contribution in [0.15, 0.2) is 18.5 Å². The van der Waals surface area contributed by atoms with E-state index in [1.165, 1.54) is 10.6 Å². The third-order valence-electron chi connectivity index (χ3n) is 3.10. The Kier molecular flexibility index (Phi) is 3.84. The predicted octanol–water partition coefficient (Wildman–Crippen LogP) is -0.345. The topological polar surface area (TPSA) is 73.7 Å². The second-order valence-electron chi connectivity index (χ2n) is 4.31. The molecule has 0 bridgehead atoms. The smallest absolute Gasteiger partial charge is 0.211 e. The Bertz CT molecular complexity index is 510. The molecule has 2 rings (SSSR count). The van der Waals surface area contributed by atoms with Gasteiger partial charge in [0.15, 0.2) is 0 Å². The second-order valence-corrected chi connectivity index (χ2v) is 6.29. The Morgan fingerprint density at radius 1 is 1.33 bits per heavy atom. The van der Waals surface area contributed by atoms with E-state index in [-0.39, 0.29) is 6.61 Å². The molecule has 6 nitrogen and oxygen atoms in total. The van der Waals surface area contributed by atoms with E-state index in [9.17, 15) is 13.5 Å². The van der Waals surface area contributed by atoms with Gasteiger partial charge in [0.2, 0.25) is 10.0 Å². The van der Waals surface area contributed by atoms with Crippen LogP contribution in [0.1, 0.15) is 5.56 Å². The first-order valence-electron chi connectivity index (χ1n) is 5.76. The van der Waals surface area contributed by atoms with Crippen molar-refractivity contribution in [1.82, 2.24) is 9.29 Å². The Hall–Kier alpha value is -1.18. The Morgan fingerprint density at radius 2 is 2.00 bits per heavy atom. The molecule has 0 radical (unpaired) electrons. The van der Waals surface area contributed by atoms with Gasteiger partial charge in [-0.1, -0.05) is 0 Å². The predicted molar refractivity (Wildman–Crippen MR) is 68.8 cm³/mol. The molecular formula is C11H17N3O3S. The number of hydrogen-bond acceptors (Lipinski definition) is 5. The molecule has 0 amide bonds. The van der Waals surface area contributed by atoms with Crippen molar-refractivity contribution in [3.8, 4) is 0 Å². The Labute approximate surface area is 107 Å². The zero-order chi connectivity index (χ0) is 13.2. The zero-order valence-corrected chi connectivity index (χ0v) is 11.1. The van der Waals surface area contributed by atoms with E-state index in [0.29, 0.717) is 26.2 Å². The summed E-state index contributed by atoms with van der Waals surface area (Å²) in [6, 6.07) is 1.85. The van der Waals surface area contributed by atoms with E-state index in [1.807, 2.05) is 6.07 Å². The van der Waals surface area contributed by atoms with Crippen LogP contribution in [-0.4, -0.2) is 55.2 Å². The van der Waals surface area contributed by atoms with Crippen LogP contribution in [0.4, 0.5) is 5.69 Å². The largest absolute Gasteiger partial charge is 0.392 e.